The van der Waals surface area contributed by atoms with Crippen molar-refractivity contribution >= 4 is 17.3 Å². The number of carboxylic acid groups (broad SMARTS) is 1. The highest BCUT2D eigenvalue weighted by molar-refractivity contribution is 7.12. The Labute approximate surface area is 108 Å². The van der Waals surface area contributed by atoms with Gasteiger partial charge >= 0.3 is 5.97 Å². The van der Waals surface area contributed by atoms with Gasteiger partial charge in [0.15, 0.2) is 4.88 Å². The maximum Gasteiger partial charge on any atom is 0.349 e. The van der Waals surface area contributed by atoms with Crippen LogP contribution in [0.3, 0.4) is 0 Å². The van der Waals surface area contributed by atoms with Crippen LogP contribution in [0, 0.1) is 0 Å². The molecule has 4 nitrogen and oxygen atoms in total. The molecular weight excluding hydrogens is 252 g/mol. The van der Waals surface area contributed by atoms with E-state index in [1.807, 2.05) is 18.2 Å². The molecule has 2 aromatic rings. The minimum absolute atomic E-state index is 0.0288. The van der Waals surface area contributed by atoms with E-state index in [0.717, 1.165) is 16.9 Å². The molecule has 0 bridgehead atoms. The first-order valence-electron chi connectivity index (χ1n) is 5.35. The zero-order valence-electron chi connectivity index (χ0n) is 9.45. The Kier molecular flexibility index (Phi) is 3.96. The molecule has 1 aromatic carbocycles. The normalized spacial score (nSPS) is 12.1. The summed E-state index contributed by atoms with van der Waals surface area (Å²) in [6.07, 6.45) is -0.771. The second-order valence-corrected chi connectivity index (χ2v) is 4.57. The van der Waals surface area contributed by atoms with Gasteiger partial charge in [-0.1, -0.05) is 30.3 Å². The molecule has 94 valence electrons. The van der Waals surface area contributed by atoms with Crippen molar-refractivity contribution in [3.63, 3.8) is 0 Å². The lowest BCUT2D eigenvalue weighted by atomic mass is 10.1. The minimum Gasteiger partial charge on any atom is -0.489 e. The van der Waals surface area contributed by atoms with E-state index in [2.05, 4.69) is 0 Å². The van der Waals surface area contributed by atoms with Crippen molar-refractivity contribution in [2.75, 3.05) is 6.61 Å². The van der Waals surface area contributed by atoms with Crippen LogP contribution < -0.4 is 4.74 Å². The Morgan fingerprint density at radius 3 is 2.67 bits per heavy atom. The number of carboxylic acids is 1. The first kappa shape index (κ1) is 12.6. The van der Waals surface area contributed by atoms with E-state index in [1.165, 1.54) is 0 Å². The standard InChI is InChI=1S/C13H12O4S/c14-10(9-4-2-1-3-5-9)8-17-11-6-7-18-12(11)13(15)16/h1-7,10,14H,8H2,(H,15,16). The van der Waals surface area contributed by atoms with E-state index in [-0.39, 0.29) is 11.5 Å². The molecule has 2 rings (SSSR count). The smallest absolute Gasteiger partial charge is 0.349 e. The number of rotatable bonds is 5. The number of ether oxygens (including phenoxy) is 1. The third-order valence-electron chi connectivity index (χ3n) is 2.40. The van der Waals surface area contributed by atoms with Gasteiger partial charge in [0.25, 0.3) is 0 Å². The summed E-state index contributed by atoms with van der Waals surface area (Å²) in [5.41, 5.74) is 0.740. The van der Waals surface area contributed by atoms with Crippen LogP contribution >= 0.6 is 11.3 Å². The Morgan fingerprint density at radius 1 is 1.28 bits per heavy atom. The van der Waals surface area contributed by atoms with Gasteiger partial charge in [0.05, 0.1) is 0 Å². The SMILES string of the molecule is O=C(O)c1sccc1OCC(O)c1ccccc1. The first-order valence-corrected chi connectivity index (χ1v) is 6.23. The lowest BCUT2D eigenvalue weighted by Crippen LogP contribution is -2.10. The lowest BCUT2D eigenvalue weighted by Gasteiger charge is -2.12. The van der Waals surface area contributed by atoms with Gasteiger partial charge in [-0.05, 0) is 17.0 Å². The number of benzene rings is 1. The van der Waals surface area contributed by atoms with Crippen LogP contribution in [0.1, 0.15) is 21.3 Å². The number of aromatic carboxylic acids is 1. The highest BCUT2D eigenvalue weighted by atomic mass is 32.1. The first-order chi connectivity index (χ1) is 8.68. The Hall–Kier alpha value is -1.85. The average Bonchev–Trinajstić information content (AvgIpc) is 2.85. The second-order valence-electron chi connectivity index (χ2n) is 3.66. The van der Waals surface area contributed by atoms with Crippen LogP contribution in [0.25, 0.3) is 0 Å². The fourth-order valence-electron chi connectivity index (χ4n) is 1.51. The largest absolute Gasteiger partial charge is 0.489 e. The quantitative estimate of drug-likeness (QED) is 0.871. The number of aliphatic hydroxyl groups is 1. The van der Waals surface area contributed by atoms with Gasteiger partial charge in [-0.15, -0.1) is 11.3 Å². The minimum atomic E-state index is -1.02. The molecular formula is C13H12O4S. The van der Waals surface area contributed by atoms with Gasteiger partial charge in [-0.2, -0.15) is 0 Å². The molecule has 0 radical (unpaired) electrons. The van der Waals surface area contributed by atoms with E-state index in [4.69, 9.17) is 9.84 Å². The van der Waals surface area contributed by atoms with E-state index in [0.29, 0.717) is 5.75 Å². The topological polar surface area (TPSA) is 66.8 Å². The molecule has 0 saturated heterocycles. The number of hydrogen-bond donors (Lipinski definition) is 2. The molecule has 0 fully saturated rings. The number of carbonyl (C=O) groups is 1. The van der Waals surface area contributed by atoms with Crippen molar-refractivity contribution in [3.8, 4) is 5.75 Å². The Balaban J connectivity index is 1.99. The zero-order chi connectivity index (χ0) is 13.0. The number of thiophene rings is 1. The highest BCUT2D eigenvalue weighted by Gasteiger charge is 2.15. The van der Waals surface area contributed by atoms with Crippen molar-refractivity contribution in [2.24, 2.45) is 0 Å². The van der Waals surface area contributed by atoms with Crippen molar-refractivity contribution in [1.82, 2.24) is 0 Å². The Bertz CT molecular complexity index is 521. The molecule has 1 heterocycles. The van der Waals surface area contributed by atoms with Crippen molar-refractivity contribution in [3.05, 3.63) is 52.2 Å². The molecule has 1 atom stereocenters. The summed E-state index contributed by atoms with van der Waals surface area (Å²) in [5.74, 6) is -0.725. The molecule has 0 saturated carbocycles. The van der Waals surface area contributed by atoms with Gasteiger partial charge in [0.1, 0.15) is 18.5 Å². The summed E-state index contributed by atoms with van der Waals surface area (Å²) in [6.45, 7) is 0.0288. The van der Waals surface area contributed by atoms with Gasteiger partial charge in [-0.25, -0.2) is 4.79 Å². The fraction of sp³-hybridized carbons (Fsp3) is 0.154. The van der Waals surface area contributed by atoms with Gasteiger partial charge in [0, 0.05) is 0 Å². The maximum absolute atomic E-state index is 10.9. The van der Waals surface area contributed by atoms with Crippen molar-refractivity contribution in [2.45, 2.75) is 6.10 Å². The number of hydrogen-bond acceptors (Lipinski definition) is 4. The second kappa shape index (κ2) is 5.66. The molecule has 5 heteroatoms. The summed E-state index contributed by atoms with van der Waals surface area (Å²) < 4.78 is 5.33. The molecule has 0 aliphatic carbocycles. The third kappa shape index (κ3) is 2.88. The Morgan fingerprint density at radius 2 is 2.00 bits per heavy atom. The summed E-state index contributed by atoms with van der Waals surface area (Å²) >= 11 is 1.10. The van der Waals surface area contributed by atoms with Crippen molar-refractivity contribution in [1.29, 1.82) is 0 Å². The molecule has 2 N–H and O–H groups in total. The van der Waals surface area contributed by atoms with E-state index >= 15 is 0 Å². The van der Waals surface area contributed by atoms with E-state index < -0.39 is 12.1 Å². The summed E-state index contributed by atoms with van der Waals surface area (Å²) in [4.78, 5) is 11.0. The zero-order valence-corrected chi connectivity index (χ0v) is 10.3. The molecule has 1 unspecified atom stereocenters. The van der Waals surface area contributed by atoms with Crippen LogP contribution in [0.5, 0.6) is 5.75 Å². The number of aliphatic hydroxyl groups excluding tert-OH is 1. The molecule has 0 amide bonds. The van der Waals surface area contributed by atoms with Crippen LogP contribution in [0.4, 0.5) is 0 Å². The van der Waals surface area contributed by atoms with Gasteiger partial charge < -0.3 is 14.9 Å². The molecule has 1 aromatic heterocycles. The third-order valence-corrected chi connectivity index (χ3v) is 3.29. The highest BCUT2D eigenvalue weighted by Crippen LogP contribution is 2.25. The molecule has 0 aliphatic rings. The molecule has 18 heavy (non-hydrogen) atoms. The molecule has 0 spiro atoms. The van der Waals surface area contributed by atoms with Gasteiger partial charge in [0.2, 0.25) is 0 Å². The van der Waals surface area contributed by atoms with Crippen LogP contribution in [0.2, 0.25) is 0 Å². The predicted octanol–water partition coefficient (Wildman–Crippen LogP) is 2.56. The summed E-state index contributed by atoms with van der Waals surface area (Å²) in [6, 6.07) is 10.7. The molecule has 0 aliphatic heterocycles. The van der Waals surface area contributed by atoms with Crippen LogP contribution in [-0.2, 0) is 0 Å². The summed E-state index contributed by atoms with van der Waals surface area (Å²) in [7, 11) is 0. The average molecular weight is 264 g/mol. The van der Waals surface area contributed by atoms with Gasteiger partial charge in [-0.3, -0.25) is 0 Å². The van der Waals surface area contributed by atoms with Crippen LogP contribution in [-0.4, -0.2) is 22.8 Å². The lowest BCUT2D eigenvalue weighted by molar-refractivity contribution is 0.0689. The monoisotopic (exact) mass is 264 g/mol. The summed E-state index contributed by atoms with van der Waals surface area (Å²) in [5, 5.41) is 20.4. The fourth-order valence-corrected chi connectivity index (χ4v) is 2.18. The van der Waals surface area contributed by atoms with E-state index in [1.54, 1.807) is 23.6 Å². The van der Waals surface area contributed by atoms with Crippen LogP contribution in [0.15, 0.2) is 41.8 Å². The van der Waals surface area contributed by atoms with E-state index in [9.17, 15) is 9.90 Å². The van der Waals surface area contributed by atoms with Crippen molar-refractivity contribution < 1.29 is 19.7 Å². The maximum atomic E-state index is 10.9. The predicted molar refractivity (Wildman–Crippen MR) is 68.2 cm³/mol.